The maximum atomic E-state index is 12.1. The lowest BCUT2D eigenvalue weighted by molar-refractivity contribution is -0.465. The Morgan fingerprint density at radius 2 is 1.81 bits per heavy atom. The summed E-state index contributed by atoms with van der Waals surface area (Å²) in [6.45, 7) is 6.69. The van der Waals surface area contributed by atoms with Crippen molar-refractivity contribution in [3.8, 4) is 11.1 Å². The summed E-state index contributed by atoms with van der Waals surface area (Å²) in [5.74, 6) is -0.408. The average molecular weight is 380 g/mol. The quantitative estimate of drug-likeness (QED) is 0.381. The standard InChI is InChI=1S/C18H23N2O2P.H2O3/c1-4-5-15-17(14-8-6-12(2)7-9-14)16(18(19)21)13(3)20(15)10-11-23-22;1-3-2/h6-9H,4-5,10-11H2,1-3H3,(H2,19,21);1-2H. The van der Waals surface area contributed by atoms with E-state index in [2.05, 4.69) is 16.5 Å². The number of benzene rings is 1. The zero-order valence-electron chi connectivity index (χ0n) is 15.2. The van der Waals surface area contributed by atoms with Crippen LogP contribution in [-0.4, -0.2) is 27.2 Å². The minimum absolute atomic E-state index is 0.111. The predicted molar refractivity (Wildman–Crippen MR) is 101 cm³/mol. The maximum absolute atomic E-state index is 12.1. The van der Waals surface area contributed by atoms with Gasteiger partial charge in [-0.3, -0.25) is 9.36 Å². The first-order valence-electron chi connectivity index (χ1n) is 8.25. The second kappa shape index (κ2) is 10.8. The lowest BCUT2D eigenvalue weighted by Crippen LogP contribution is -2.13. The molecule has 8 heteroatoms. The minimum Gasteiger partial charge on any atom is -0.366 e. The third kappa shape index (κ3) is 5.22. The van der Waals surface area contributed by atoms with Crippen LogP contribution in [-0.2, 0) is 22.6 Å². The van der Waals surface area contributed by atoms with Crippen molar-refractivity contribution < 1.29 is 24.9 Å². The molecule has 0 aliphatic carbocycles. The SMILES string of the molecule is CCCc1c(-c2ccc(C)cc2)c(C(N)=O)c(C)n1CCP=O.OOO. The highest BCUT2D eigenvalue weighted by molar-refractivity contribution is 7.23. The van der Waals surface area contributed by atoms with Gasteiger partial charge in [0, 0.05) is 29.7 Å². The molecule has 1 heterocycles. The van der Waals surface area contributed by atoms with Gasteiger partial charge in [0.15, 0.2) is 8.46 Å². The highest BCUT2D eigenvalue weighted by Crippen LogP contribution is 2.34. The molecule has 1 aromatic heterocycles. The van der Waals surface area contributed by atoms with E-state index in [-0.39, 0.29) is 8.46 Å². The molecule has 0 spiro atoms. The Hall–Kier alpha value is -2.05. The highest BCUT2D eigenvalue weighted by Gasteiger charge is 2.24. The van der Waals surface area contributed by atoms with E-state index < -0.39 is 5.91 Å². The van der Waals surface area contributed by atoms with Crippen LogP contribution in [0.3, 0.4) is 0 Å². The smallest absolute Gasteiger partial charge is 0.251 e. The lowest BCUT2D eigenvalue weighted by atomic mass is 9.97. The molecule has 0 bridgehead atoms. The summed E-state index contributed by atoms with van der Waals surface area (Å²) in [6, 6.07) is 8.15. The van der Waals surface area contributed by atoms with Crippen molar-refractivity contribution in [1.82, 2.24) is 4.57 Å². The molecular weight excluding hydrogens is 355 g/mol. The molecule has 0 saturated heterocycles. The maximum Gasteiger partial charge on any atom is 0.251 e. The molecule has 1 amide bonds. The molecule has 0 unspecified atom stereocenters. The van der Waals surface area contributed by atoms with Crippen molar-refractivity contribution in [3.63, 3.8) is 0 Å². The number of nitrogens with two attached hydrogens (primary N) is 1. The fourth-order valence-corrected chi connectivity index (χ4v) is 3.35. The Morgan fingerprint density at radius 3 is 2.27 bits per heavy atom. The van der Waals surface area contributed by atoms with Crippen LogP contribution in [0.25, 0.3) is 11.1 Å². The van der Waals surface area contributed by atoms with Gasteiger partial charge in [0.2, 0.25) is 0 Å². The Balaban J connectivity index is 0.00000105. The largest absolute Gasteiger partial charge is 0.366 e. The topological polar surface area (TPSA) is 115 Å². The molecular formula is C18H25N2O5P. The van der Waals surface area contributed by atoms with Gasteiger partial charge in [-0.2, -0.15) is 0 Å². The van der Waals surface area contributed by atoms with Gasteiger partial charge < -0.3 is 10.3 Å². The van der Waals surface area contributed by atoms with Gasteiger partial charge in [-0.15, -0.1) is 0 Å². The number of carbonyl (C=O) groups is 1. The van der Waals surface area contributed by atoms with Crippen molar-refractivity contribution in [2.75, 3.05) is 6.16 Å². The fraction of sp³-hybridized carbons (Fsp3) is 0.389. The zero-order chi connectivity index (χ0) is 19.7. The van der Waals surface area contributed by atoms with Crippen LogP contribution in [0.2, 0.25) is 0 Å². The Labute approximate surface area is 154 Å². The lowest BCUT2D eigenvalue weighted by Gasteiger charge is -2.11. The molecule has 7 nitrogen and oxygen atoms in total. The minimum atomic E-state index is -0.408. The summed E-state index contributed by atoms with van der Waals surface area (Å²) in [6.07, 6.45) is 2.35. The monoisotopic (exact) mass is 380 g/mol. The summed E-state index contributed by atoms with van der Waals surface area (Å²) >= 11 is 0. The first-order chi connectivity index (χ1) is 12.4. The summed E-state index contributed by atoms with van der Waals surface area (Å²) in [5, 5.41) is 15.5. The molecule has 0 aliphatic rings. The van der Waals surface area contributed by atoms with Crippen molar-refractivity contribution in [2.45, 2.75) is 40.2 Å². The van der Waals surface area contributed by atoms with Crippen LogP contribution >= 0.6 is 8.46 Å². The molecule has 2 aromatic rings. The molecule has 26 heavy (non-hydrogen) atoms. The molecule has 142 valence electrons. The number of rotatable bonds is 7. The first kappa shape index (κ1) is 22.0. The van der Waals surface area contributed by atoms with E-state index in [1.165, 1.54) is 5.56 Å². The van der Waals surface area contributed by atoms with Gasteiger partial charge in [0.05, 0.1) is 5.56 Å². The van der Waals surface area contributed by atoms with Crippen molar-refractivity contribution in [2.24, 2.45) is 5.73 Å². The van der Waals surface area contributed by atoms with Gasteiger partial charge in [0.25, 0.3) is 5.91 Å². The normalized spacial score (nSPS) is 10.5. The molecule has 2 rings (SSSR count). The van der Waals surface area contributed by atoms with Crippen molar-refractivity contribution >= 4 is 14.4 Å². The van der Waals surface area contributed by atoms with Crippen LogP contribution in [0.1, 0.15) is 40.7 Å². The number of nitrogens with zero attached hydrogens (tertiary/aromatic N) is 1. The Bertz CT molecular complexity index is 741. The van der Waals surface area contributed by atoms with Gasteiger partial charge in [0.1, 0.15) is 0 Å². The number of aromatic nitrogens is 1. The summed E-state index contributed by atoms with van der Waals surface area (Å²) in [4.78, 5) is 12.1. The third-order valence-corrected chi connectivity index (χ3v) is 4.50. The number of carbonyl (C=O) groups excluding carboxylic acids is 1. The van der Waals surface area contributed by atoms with Crippen LogP contribution in [0.5, 0.6) is 0 Å². The number of aryl methyl sites for hydroxylation is 1. The number of hydrogen-bond acceptors (Lipinski definition) is 5. The number of hydrogen-bond donors (Lipinski definition) is 3. The highest BCUT2D eigenvalue weighted by atomic mass is 31.1. The predicted octanol–water partition coefficient (Wildman–Crippen LogP) is 4.06. The molecule has 0 radical (unpaired) electrons. The average Bonchev–Trinajstić information content (AvgIpc) is 2.87. The van der Waals surface area contributed by atoms with E-state index >= 15 is 0 Å². The molecule has 0 atom stereocenters. The van der Waals surface area contributed by atoms with Gasteiger partial charge in [-0.25, -0.2) is 10.5 Å². The zero-order valence-corrected chi connectivity index (χ0v) is 16.1. The molecule has 0 fully saturated rings. The Kier molecular flexibility index (Phi) is 9.16. The van der Waals surface area contributed by atoms with Crippen molar-refractivity contribution in [1.29, 1.82) is 0 Å². The van der Waals surface area contributed by atoms with Gasteiger partial charge in [-0.05, 0) is 25.8 Å². The van der Waals surface area contributed by atoms with Gasteiger partial charge in [-0.1, -0.05) is 48.2 Å². The summed E-state index contributed by atoms with van der Waals surface area (Å²) < 4.78 is 13.0. The molecule has 4 N–H and O–H groups in total. The van der Waals surface area contributed by atoms with E-state index in [1.54, 1.807) is 0 Å². The van der Waals surface area contributed by atoms with Crippen LogP contribution < -0.4 is 5.73 Å². The van der Waals surface area contributed by atoms with E-state index in [1.807, 2.05) is 38.1 Å². The summed E-state index contributed by atoms with van der Waals surface area (Å²) in [5.41, 5.74) is 11.3. The third-order valence-electron chi connectivity index (χ3n) is 4.12. The van der Waals surface area contributed by atoms with Crippen LogP contribution in [0, 0.1) is 13.8 Å². The number of primary amides is 1. The molecule has 0 aliphatic heterocycles. The number of amides is 1. The second-order valence-electron chi connectivity index (χ2n) is 5.85. The fourth-order valence-electron chi connectivity index (χ4n) is 3.07. The van der Waals surface area contributed by atoms with E-state index in [4.69, 9.17) is 16.2 Å². The first-order valence-corrected chi connectivity index (χ1v) is 9.25. The molecule has 0 saturated carbocycles. The molecule has 1 aromatic carbocycles. The van der Waals surface area contributed by atoms with E-state index in [0.29, 0.717) is 18.3 Å². The Morgan fingerprint density at radius 1 is 1.23 bits per heavy atom. The van der Waals surface area contributed by atoms with Crippen LogP contribution in [0.4, 0.5) is 0 Å². The second-order valence-corrected chi connectivity index (χ2v) is 6.55. The van der Waals surface area contributed by atoms with Gasteiger partial charge >= 0.3 is 0 Å². The summed E-state index contributed by atoms with van der Waals surface area (Å²) in [7, 11) is 0.111. The van der Waals surface area contributed by atoms with E-state index in [0.717, 1.165) is 35.4 Å². The van der Waals surface area contributed by atoms with E-state index in [9.17, 15) is 9.36 Å². The van der Waals surface area contributed by atoms with Crippen molar-refractivity contribution in [3.05, 3.63) is 46.8 Å². The van der Waals surface area contributed by atoms with Crippen LogP contribution in [0.15, 0.2) is 24.3 Å².